The first kappa shape index (κ1) is 43.8. The molecule has 0 saturated carbocycles. The van der Waals surface area contributed by atoms with Crippen molar-refractivity contribution in [3.8, 4) is 0 Å². The minimum absolute atomic E-state index is 0.204. The Kier molecular flexibility index (Phi) is 37.2. The Morgan fingerprint density at radius 2 is 0.935 bits per heavy atom. The van der Waals surface area contributed by atoms with Crippen LogP contribution in [0.1, 0.15) is 162 Å². The fraction of sp³-hybridized carbons (Fsp3) is 0.690. The Morgan fingerprint density at radius 3 is 1.35 bits per heavy atom. The number of carbonyl (C=O) groups excluding carboxylic acids is 1. The van der Waals surface area contributed by atoms with Crippen LogP contribution < -0.4 is 0 Å². The molecule has 1 unspecified atom stereocenters. The van der Waals surface area contributed by atoms with Gasteiger partial charge in [0, 0.05) is 13.0 Å². The second kappa shape index (κ2) is 39.0. The number of unbranched alkanes of at least 4 members (excludes halogenated alkanes) is 14. The van der Waals surface area contributed by atoms with Gasteiger partial charge in [0.1, 0.15) is 6.10 Å². The lowest BCUT2D eigenvalue weighted by molar-refractivity contribution is -0.154. The molecule has 0 aliphatic rings. The highest BCUT2D eigenvalue weighted by Gasteiger charge is 2.13. The predicted octanol–water partition coefficient (Wildman–Crippen LogP) is 12.3. The van der Waals surface area contributed by atoms with E-state index >= 15 is 0 Å². The second-order valence-corrected chi connectivity index (χ2v) is 12.3. The molecule has 1 atom stereocenters. The van der Waals surface area contributed by atoms with E-state index in [0.717, 1.165) is 44.9 Å². The van der Waals surface area contributed by atoms with Crippen LogP contribution in [-0.2, 0) is 14.3 Å². The summed E-state index contributed by atoms with van der Waals surface area (Å²) in [6.45, 7) is 5.15. The molecule has 0 spiro atoms. The number of aliphatic hydroxyl groups is 1. The van der Waals surface area contributed by atoms with E-state index in [9.17, 15) is 9.90 Å². The van der Waals surface area contributed by atoms with Crippen LogP contribution in [-0.4, -0.2) is 37.0 Å². The SMILES string of the molecule is CC/C=C\C/C=C\C/C=C\C/C=C\C/C=C\C/C=C\CCC(=O)OC(CO)COCCCCCCCCCCCCCCCCC. The van der Waals surface area contributed by atoms with Gasteiger partial charge in [0.25, 0.3) is 0 Å². The van der Waals surface area contributed by atoms with Crippen molar-refractivity contribution in [1.29, 1.82) is 0 Å². The molecule has 0 heterocycles. The zero-order valence-electron chi connectivity index (χ0n) is 30.1. The summed E-state index contributed by atoms with van der Waals surface area (Å²) in [4.78, 5) is 12.1. The van der Waals surface area contributed by atoms with Crippen LogP contribution in [0.15, 0.2) is 72.9 Å². The van der Waals surface area contributed by atoms with Crippen LogP contribution >= 0.6 is 0 Å². The molecule has 0 aromatic heterocycles. The van der Waals surface area contributed by atoms with Gasteiger partial charge in [-0.3, -0.25) is 4.79 Å². The monoisotopic (exact) mass is 641 g/mol. The average molecular weight is 641 g/mol. The predicted molar refractivity (Wildman–Crippen MR) is 200 cm³/mol. The number of hydrogen-bond donors (Lipinski definition) is 1. The topological polar surface area (TPSA) is 55.8 Å². The van der Waals surface area contributed by atoms with Crippen molar-refractivity contribution < 1.29 is 19.4 Å². The van der Waals surface area contributed by atoms with Gasteiger partial charge in [0.2, 0.25) is 0 Å². The van der Waals surface area contributed by atoms with Crippen molar-refractivity contribution in [1.82, 2.24) is 0 Å². The molecule has 0 radical (unpaired) electrons. The van der Waals surface area contributed by atoms with Gasteiger partial charge < -0.3 is 14.6 Å². The van der Waals surface area contributed by atoms with Crippen molar-refractivity contribution in [2.24, 2.45) is 0 Å². The van der Waals surface area contributed by atoms with Crippen molar-refractivity contribution in [3.63, 3.8) is 0 Å². The van der Waals surface area contributed by atoms with E-state index in [0.29, 0.717) is 19.4 Å². The molecule has 0 aromatic carbocycles. The van der Waals surface area contributed by atoms with Gasteiger partial charge >= 0.3 is 5.97 Å². The average Bonchev–Trinajstić information content (AvgIpc) is 3.06. The molecule has 264 valence electrons. The lowest BCUT2D eigenvalue weighted by atomic mass is 10.0. The molecule has 4 nitrogen and oxygen atoms in total. The second-order valence-electron chi connectivity index (χ2n) is 12.3. The number of esters is 1. The molecule has 0 saturated heterocycles. The summed E-state index contributed by atoms with van der Waals surface area (Å²) >= 11 is 0. The first-order valence-electron chi connectivity index (χ1n) is 19.0. The Morgan fingerprint density at radius 1 is 0.543 bits per heavy atom. The van der Waals surface area contributed by atoms with E-state index in [1.807, 2.05) is 6.08 Å². The molecule has 0 aliphatic carbocycles. The third kappa shape index (κ3) is 36.3. The molecule has 0 fully saturated rings. The van der Waals surface area contributed by atoms with Gasteiger partial charge in [0.15, 0.2) is 0 Å². The highest BCUT2D eigenvalue weighted by atomic mass is 16.6. The largest absolute Gasteiger partial charge is 0.457 e. The number of carbonyl (C=O) groups is 1. The molecule has 1 N–H and O–H groups in total. The Hall–Kier alpha value is -2.17. The number of hydrogen-bond acceptors (Lipinski definition) is 4. The van der Waals surface area contributed by atoms with Crippen molar-refractivity contribution in [2.45, 2.75) is 168 Å². The van der Waals surface area contributed by atoms with Crippen molar-refractivity contribution in [3.05, 3.63) is 72.9 Å². The molecule has 0 rings (SSSR count). The van der Waals surface area contributed by atoms with E-state index in [1.165, 1.54) is 89.9 Å². The van der Waals surface area contributed by atoms with Crippen LogP contribution in [0.5, 0.6) is 0 Å². The van der Waals surface area contributed by atoms with Crippen LogP contribution in [0.4, 0.5) is 0 Å². The van der Waals surface area contributed by atoms with Crippen LogP contribution in [0.25, 0.3) is 0 Å². The summed E-state index contributed by atoms with van der Waals surface area (Å²) in [5.41, 5.74) is 0. The molecule has 0 aromatic rings. The first-order chi connectivity index (χ1) is 22.7. The third-order valence-electron chi connectivity index (χ3n) is 7.81. The van der Waals surface area contributed by atoms with E-state index < -0.39 is 6.10 Å². The van der Waals surface area contributed by atoms with Crippen LogP contribution in [0.2, 0.25) is 0 Å². The van der Waals surface area contributed by atoms with Gasteiger partial charge in [-0.1, -0.05) is 177 Å². The molecule has 0 aliphatic heterocycles. The number of rotatable bonds is 34. The Balaban J connectivity index is 3.60. The lowest BCUT2D eigenvalue weighted by Crippen LogP contribution is -2.27. The number of allylic oxidation sites excluding steroid dienone is 12. The Bertz CT molecular complexity index is 804. The molecule has 0 bridgehead atoms. The Labute approximate surface area is 285 Å². The molecule has 46 heavy (non-hydrogen) atoms. The number of ether oxygens (including phenoxy) is 2. The standard InChI is InChI=1S/C42H72O4/c1-3-5-7-9-11-13-15-17-19-20-21-22-23-25-27-29-31-33-35-37-42(44)46-41(39-43)40-45-38-36-34-32-30-28-26-24-18-16-14-12-10-8-6-4-2/h5,7,11,13,17,19,21-22,25,27,31,33,41,43H,3-4,6,8-10,12,14-16,18,20,23-24,26,28-30,32,34-40H2,1-2H3/b7-5-,13-11-,19-17-,22-21-,27-25-,33-31-. The quantitative estimate of drug-likeness (QED) is 0.0432. The molecule has 4 heteroatoms. The van der Waals surface area contributed by atoms with Gasteiger partial charge in [-0.2, -0.15) is 0 Å². The molecular formula is C42H72O4. The van der Waals surface area contributed by atoms with Crippen LogP contribution in [0, 0.1) is 0 Å². The van der Waals surface area contributed by atoms with E-state index in [1.54, 1.807) is 0 Å². The smallest absolute Gasteiger partial charge is 0.306 e. The zero-order valence-corrected chi connectivity index (χ0v) is 30.1. The van der Waals surface area contributed by atoms with Crippen molar-refractivity contribution >= 4 is 5.97 Å². The summed E-state index contributed by atoms with van der Waals surface area (Å²) in [6.07, 6.45) is 52.4. The van der Waals surface area contributed by atoms with Gasteiger partial charge in [-0.15, -0.1) is 0 Å². The fourth-order valence-corrected chi connectivity index (χ4v) is 5.00. The van der Waals surface area contributed by atoms with E-state index in [-0.39, 0.29) is 19.2 Å². The number of aliphatic hydroxyl groups excluding tert-OH is 1. The minimum Gasteiger partial charge on any atom is -0.457 e. The normalized spacial score (nSPS) is 13.2. The minimum atomic E-state index is -0.575. The van der Waals surface area contributed by atoms with Gasteiger partial charge in [0.05, 0.1) is 13.2 Å². The van der Waals surface area contributed by atoms with E-state index in [2.05, 4.69) is 80.7 Å². The summed E-state index contributed by atoms with van der Waals surface area (Å²) in [5, 5.41) is 9.55. The van der Waals surface area contributed by atoms with Gasteiger partial charge in [-0.25, -0.2) is 0 Å². The fourth-order valence-electron chi connectivity index (χ4n) is 5.00. The highest BCUT2D eigenvalue weighted by molar-refractivity contribution is 5.69. The summed E-state index contributed by atoms with van der Waals surface area (Å²) in [7, 11) is 0. The van der Waals surface area contributed by atoms with Crippen molar-refractivity contribution in [2.75, 3.05) is 19.8 Å². The maximum Gasteiger partial charge on any atom is 0.306 e. The summed E-state index contributed by atoms with van der Waals surface area (Å²) in [5.74, 6) is -0.283. The maximum absolute atomic E-state index is 12.1. The third-order valence-corrected chi connectivity index (χ3v) is 7.81. The maximum atomic E-state index is 12.1. The summed E-state index contributed by atoms with van der Waals surface area (Å²) in [6, 6.07) is 0. The summed E-state index contributed by atoms with van der Waals surface area (Å²) < 4.78 is 11.1. The van der Waals surface area contributed by atoms with E-state index in [4.69, 9.17) is 9.47 Å². The van der Waals surface area contributed by atoms with Crippen LogP contribution in [0.3, 0.4) is 0 Å². The molecular weight excluding hydrogens is 568 g/mol. The first-order valence-corrected chi connectivity index (χ1v) is 19.0. The highest BCUT2D eigenvalue weighted by Crippen LogP contribution is 2.13. The van der Waals surface area contributed by atoms with Gasteiger partial charge in [-0.05, 0) is 51.4 Å². The molecule has 0 amide bonds. The lowest BCUT2D eigenvalue weighted by Gasteiger charge is -2.15. The zero-order chi connectivity index (χ0) is 33.4.